The minimum atomic E-state index is -0.0825. The lowest BCUT2D eigenvalue weighted by Crippen LogP contribution is -2.23. The first kappa shape index (κ1) is 21.5. The van der Waals surface area contributed by atoms with Crippen molar-refractivity contribution < 1.29 is 4.79 Å². The van der Waals surface area contributed by atoms with Gasteiger partial charge in [0.15, 0.2) is 4.77 Å². The summed E-state index contributed by atoms with van der Waals surface area (Å²) in [5, 5.41) is 3.56. The summed E-state index contributed by atoms with van der Waals surface area (Å²) < 4.78 is 2.89. The van der Waals surface area contributed by atoms with Crippen molar-refractivity contribution in [3.8, 4) is 0 Å². The van der Waals surface area contributed by atoms with E-state index in [1.807, 2.05) is 43.3 Å². The molecular weight excluding hydrogens is 450 g/mol. The Kier molecular flexibility index (Phi) is 7.39. The first-order valence-electron chi connectivity index (χ1n) is 9.68. The lowest BCUT2D eigenvalue weighted by molar-refractivity contribution is -0.121. The molecule has 1 heterocycles. The van der Waals surface area contributed by atoms with E-state index in [2.05, 4.69) is 26.2 Å². The molecule has 0 bridgehead atoms. The van der Waals surface area contributed by atoms with Gasteiger partial charge in [-0.25, -0.2) is 0 Å². The number of nitrogens with one attached hydrogen (secondary N) is 2. The standard InChI is InChI=1S/C22H24BrN3O2S/c1-15-6-8-16(9-7-15)14-24-20(27)5-3-2-4-12-26-21(28)18-13-17(23)10-11-19(18)25-22(26)29/h6-11,13H,2-5,12,14H2,1H3,(H,24,27)(H,25,29). The van der Waals surface area contributed by atoms with Crippen LogP contribution in [0.15, 0.2) is 51.7 Å². The molecule has 0 aliphatic rings. The minimum Gasteiger partial charge on any atom is -0.352 e. The molecule has 1 aromatic heterocycles. The molecule has 2 aromatic carbocycles. The van der Waals surface area contributed by atoms with Crippen LogP contribution in [0.5, 0.6) is 0 Å². The van der Waals surface area contributed by atoms with Crippen molar-refractivity contribution in [1.29, 1.82) is 0 Å². The molecule has 2 N–H and O–H groups in total. The number of hydrogen-bond donors (Lipinski definition) is 2. The van der Waals surface area contributed by atoms with E-state index in [0.717, 1.165) is 34.8 Å². The van der Waals surface area contributed by atoms with Gasteiger partial charge in [0.05, 0.1) is 10.9 Å². The molecule has 0 radical (unpaired) electrons. The van der Waals surface area contributed by atoms with E-state index < -0.39 is 0 Å². The summed E-state index contributed by atoms with van der Waals surface area (Å²) in [4.78, 5) is 27.8. The van der Waals surface area contributed by atoms with Crippen molar-refractivity contribution >= 4 is 45.0 Å². The third kappa shape index (κ3) is 5.87. The molecule has 5 nitrogen and oxygen atoms in total. The zero-order valence-electron chi connectivity index (χ0n) is 16.3. The molecule has 152 valence electrons. The topological polar surface area (TPSA) is 66.9 Å². The molecule has 0 spiro atoms. The molecule has 7 heteroatoms. The Bertz CT molecular complexity index is 1120. The second kappa shape index (κ2) is 9.98. The highest BCUT2D eigenvalue weighted by Crippen LogP contribution is 2.15. The molecular formula is C22H24BrN3O2S. The van der Waals surface area contributed by atoms with E-state index in [-0.39, 0.29) is 11.5 Å². The number of amides is 1. The highest BCUT2D eigenvalue weighted by molar-refractivity contribution is 9.10. The number of benzene rings is 2. The van der Waals surface area contributed by atoms with E-state index >= 15 is 0 Å². The predicted octanol–water partition coefficient (Wildman–Crippen LogP) is 5.01. The molecule has 0 fully saturated rings. The summed E-state index contributed by atoms with van der Waals surface area (Å²) in [6.45, 7) is 3.14. The minimum absolute atomic E-state index is 0.0515. The Hall–Kier alpha value is -2.25. The molecule has 0 aliphatic carbocycles. The second-order valence-corrected chi connectivity index (χ2v) is 8.45. The van der Waals surface area contributed by atoms with E-state index in [4.69, 9.17) is 12.2 Å². The van der Waals surface area contributed by atoms with Crippen molar-refractivity contribution in [3.63, 3.8) is 0 Å². The highest BCUT2D eigenvalue weighted by Gasteiger charge is 2.07. The number of aromatic nitrogens is 2. The summed E-state index contributed by atoms with van der Waals surface area (Å²) >= 11 is 8.74. The summed E-state index contributed by atoms with van der Waals surface area (Å²) in [5.74, 6) is 0.0515. The lowest BCUT2D eigenvalue weighted by Gasteiger charge is -2.09. The molecule has 29 heavy (non-hydrogen) atoms. The van der Waals surface area contributed by atoms with Gasteiger partial charge in [-0.2, -0.15) is 0 Å². The van der Waals surface area contributed by atoms with Crippen LogP contribution >= 0.6 is 28.1 Å². The summed E-state index contributed by atoms with van der Waals surface area (Å²) in [5.41, 5.74) is 2.96. The van der Waals surface area contributed by atoms with Crippen LogP contribution < -0.4 is 10.9 Å². The summed E-state index contributed by atoms with van der Waals surface area (Å²) in [6.07, 6.45) is 2.92. The van der Waals surface area contributed by atoms with Gasteiger partial charge in [-0.3, -0.25) is 14.2 Å². The Morgan fingerprint density at radius 3 is 2.66 bits per heavy atom. The molecule has 0 saturated heterocycles. The van der Waals surface area contributed by atoms with Gasteiger partial charge in [0.2, 0.25) is 5.91 Å². The van der Waals surface area contributed by atoms with Crippen LogP contribution in [-0.4, -0.2) is 15.5 Å². The number of nitrogens with zero attached hydrogens (tertiary/aromatic N) is 1. The zero-order valence-corrected chi connectivity index (χ0v) is 18.7. The van der Waals surface area contributed by atoms with Gasteiger partial charge in [-0.1, -0.05) is 52.2 Å². The molecule has 0 aliphatic heterocycles. The fourth-order valence-electron chi connectivity index (χ4n) is 3.15. The van der Waals surface area contributed by atoms with Crippen molar-refractivity contribution in [1.82, 2.24) is 14.9 Å². The van der Waals surface area contributed by atoms with Gasteiger partial charge in [-0.15, -0.1) is 0 Å². The van der Waals surface area contributed by atoms with Crippen LogP contribution in [0.1, 0.15) is 36.8 Å². The van der Waals surface area contributed by atoms with Crippen LogP contribution in [-0.2, 0) is 17.9 Å². The Labute approximate surface area is 183 Å². The maximum Gasteiger partial charge on any atom is 0.262 e. The Morgan fingerprint density at radius 1 is 1.14 bits per heavy atom. The van der Waals surface area contributed by atoms with Crippen LogP contribution in [0.4, 0.5) is 0 Å². The van der Waals surface area contributed by atoms with Gasteiger partial charge < -0.3 is 10.3 Å². The third-order valence-corrected chi connectivity index (χ3v) is 5.66. The van der Waals surface area contributed by atoms with E-state index in [1.54, 1.807) is 10.6 Å². The smallest absolute Gasteiger partial charge is 0.262 e. The van der Waals surface area contributed by atoms with Gasteiger partial charge >= 0.3 is 0 Å². The van der Waals surface area contributed by atoms with E-state index in [0.29, 0.717) is 29.7 Å². The molecule has 3 aromatic rings. The van der Waals surface area contributed by atoms with Crippen LogP contribution in [0, 0.1) is 11.7 Å². The van der Waals surface area contributed by atoms with Crippen LogP contribution in [0.3, 0.4) is 0 Å². The Balaban J connectivity index is 1.46. The van der Waals surface area contributed by atoms with Crippen molar-refractivity contribution in [2.45, 2.75) is 45.7 Å². The molecule has 0 unspecified atom stereocenters. The number of unbranched alkanes of at least 4 members (excludes halogenated alkanes) is 2. The Morgan fingerprint density at radius 2 is 1.90 bits per heavy atom. The fraction of sp³-hybridized carbons (Fsp3) is 0.318. The number of carbonyl (C=O) groups is 1. The largest absolute Gasteiger partial charge is 0.352 e. The maximum atomic E-state index is 12.7. The average Bonchev–Trinajstić information content (AvgIpc) is 2.70. The first-order chi connectivity index (χ1) is 13.9. The number of aryl methyl sites for hydroxylation is 1. The number of rotatable bonds is 8. The van der Waals surface area contributed by atoms with E-state index in [9.17, 15) is 9.59 Å². The zero-order chi connectivity index (χ0) is 20.8. The van der Waals surface area contributed by atoms with Gasteiger partial charge in [0.1, 0.15) is 0 Å². The van der Waals surface area contributed by atoms with Gasteiger partial charge in [0.25, 0.3) is 5.56 Å². The van der Waals surface area contributed by atoms with Crippen molar-refractivity contribution in [2.24, 2.45) is 0 Å². The normalized spacial score (nSPS) is 11.0. The van der Waals surface area contributed by atoms with Crippen LogP contribution in [0.2, 0.25) is 0 Å². The van der Waals surface area contributed by atoms with Gasteiger partial charge in [-0.05, 0) is 55.7 Å². The molecule has 0 saturated carbocycles. The lowest BCUT2D eigenvalue weighted by atomic mass is 10.1. The number of carbonyl (C=O) groups excluding carboxylic acids is 1. The number of fused-ring (bicyclic) bond motifs is 1. The fourth-order valence-corrected chi connectivity index (χ4v) is 3.80. The van der Waals surface area contributed by atoms with E-state index in [1.165, 1.54) is 5.56 Å². The van der Waals surface area contributed by atoms with Gasteiger partial charge in [0, 0.05) is 24.0 Å². The number of aromatic amines is 1. The van der Waals surface area contributed by atoms with Crippen molar-refractivity contribution in [3.05, 3.63) is 73.2 Å². The SMILES string of the molecule is Cc1ccc(CNC(=O)CCCCCn2c(=S)[nH]c3ccc(Br)cc3c2=O)cc1. The second-order valence-electron chi connectivity index (χ2n) is 7.15. The average molecular weight is 474 g/mol. The molecule has 3 rings (SSSR count). The predicted molar refractivity (Wildman–Crippen MR) is 123 cm³/mol. The number of halogens is 1. The van der Waals surface area contributed by atoms with Crippen molar-refractivity contribution in [2.75, 3.05) is 0 Å². The number of hydrogen-bond acceptors (Lipinski definition) is 3. The first-order valence-corrected chi connectivity index (χ1v) is 10.9. The molecule has 0 atom stereocenters. The number of H-pyrrole nitrogens is 1. The third-order valence-electron chi connectivity index (χ3n) is 4.84. The quantitative estimate of drug-likeness (QED) is 0.357. The monoisotopic (exact) mass is 473 g/mol. The van der Waals surface area contributed by atoms with Crippen LogP contribution in [0.25, 0.3) is 10.9 Å². The summed E-state index contributed by atoms with van der Waals surface area (Å²) in [7, 11) is 0. The molecule has 1 amide bonds. The summed E-state index contributed by atoms with van der Waals surface area (Å²) in [6, 6.07) is 13.7. The maximum absolute atomic E-state index is 12.7. The highest BCUT2D eigenvalue weighted by atomic mass is 79.9.